The minimum absolute atomic E-state index is 0.00461. The molecular weight excluding hydrogens is 284 g/mol. The summed E-state index contributed by atoms with van der Waals surface area (Å²) in [5.41, 5.74) is 17.7. The highest BCUT2D eigenvalue weighted by molar-refractivity contribution is 5.93. The first kappa shape index (κ1) is 15.6. The van der Waals surface area contributed by atoms with Gasteiger partial charge in [0.2, 0.25) is 5.96 Å². The van der Waals surface area contributed by atoms with Crippen LogP contribution in [0.25, 0.3) is 0 Å². The van der Waals surface area contributed by atoms with Gasteiger partial charge in [-0.2, -0.15) is 4.99 Å². The zero-order valence-corrected chi connectivity index (χ0v) is 12.1. The van der Waals surface area contributed by atoms with Crippen molar-refractivity contribution >= 4 is 29.3 Å². The molecule has 1 aromatic carbocycles. The van der Waals surface area contributed by atoms with Gasteiger partial charge in [0.15, 0.2) is 5.96 Å². The van der Waals surface area contributed by atoms with Gasteiger partial charge in [-0.05, 0) is 37.1 Å². The van der Waals surface area contributed by atoms with Gasteiger partial charge in [0.25, 0.3) is 0 Å². The summed E-state index contributed by atoms with van der Waals surface area (Å²) in [7, 11) is 0. The van der Waals surface area contributed by atoms with E-state index in [1.807, 2.05) is 24.3 Å². The van der Waals surface area contributed by atoms with Crippen LogP contribution < -0.4 is 22.1 Å². The predicted octanol–water partition coefficient (Wildman–Crippen LogP) is 0.207. The molecule has 1 heterocycles. The molecule has 0 aromatic heterocycles. The molecule has 0 bridgehead atoms. The van der Waals surface area contributed by atoms with Crippen molar-refractivity contribution in [1.29, 1.82) is 0 Å². The highest BCUT2D eigenvalue weighted by Crippen LogP contribution is 2.25. The van der Waals surface area contributed by atoms with E-state index in [2.05, 4.69) is 14.9 Å². The molecule has 1 saturated heterocycles. The number of hydrogen-bond acceptors (Lipinski definition) is 3. The van der Waals surface area contributed by atoms with Crippen molar-refractivity contribution in [2.24, 2.45) is 33.1 Å². The minimum Gasteiger partial charge on any atom is -0.481 e. The molecule has 0 amide bonds. The summed E-state index contributed by atoms with van der Waals surface area (Å²) in [5.74, 6) is -1.09. The number of hydrogen-bond donors (Lipinski definition) is 4. The van der Waals surface area contributed by atoms with Crippen LogP contribution in [0.5, 0.6) is 0 Å². The van der Waals surface area contributed by atoms with Crippen LogP contribution in [0.4, 0.5) is 11.4 Å². The molecule has 8 nitrogen and oxygen atoms in total. The molecule has 7 N–H and O–H groups in total. The van der Waals surface area contributed by atoms with E-state index < -0.39 is 5.97 Å². The van der Waals surface area contributed by atoms with Crippen molar-refractivity contribution in [3.8, 4) is 0 Å². The first-order valence-electron chi connectivity index (χ1n) is 6.97. The van der Waals surface area contributed by atoms with Crippen molar-refractivity contribution in [1.82, 2.24) is 0 Å². The number of guanidine groups is 2. The van der Waals surface area contributed by atoms with Gasteiger partial charge in [-0.1, -0.05) is 0 Å². The smallest absolute Gasteiger partial charge is 0.306 e. The molecule has 1 aromatic rings. The number of aliphatic carboxylic acids is 1. The molecule has 0 spiro atoms. The van der Waals surface area contributed by atoms with Gasteiger partial charge in [-0.3, -0.25) is 4.79 Å². The van der Waals surface area contributed by atoms with Gasteiger partial charge in [-0.15, -0.1) is 0 Å². The summed E-state index contributed by atoms with van der Waals surface area (Å²) in [5, 5.41) is 9.00. The number of anilines is 1. The molecule has 0 atom stereocenters. The molecule has 1 fully saturated rings. The fourth-order valence-electron chi connectivity index (χ4n) is 2.41. The van der Waals surface area contributed by atoms with Crippen LogP contribution >= 0.6 is 0 Å². The molecule has 2 rings (SSSR count). The van der Waals surface area contributed by atoms with E-state index in [0.717, 1.165) is 18.8 Å². The van der Waals surface area contributed by atoms with Gasteiger partial charge < -0.3 is 27.2 Å². The third-order valence-corrected chi connectivity index (χ3v) is 3.55. The molecular formula is C14H20N6O2. The number of benzene rings is 1. The van der Waals surface area contributed by atoms with Crippen molar-refractivity contribution in [2.75, 3.05) is 18.0 Å². The normalized spacial score (nSPS) is 16.4. The highest BCUT2D eigenvalue weighted by atomic mass is 16.4. The second-order valence-corrected chi connectivity index (χ2v) is 5.12. The number of nitrogens with two attached hydrogens (primary N) is 3. The fourth-order valence-corrected chi connectivity index (χ4v) is 2.41. The monoisotopic (exact) mass is 304 g/mol. The van der Waals surface area contributed by atoms with E-state index in [9.17, 15) is 4.79 Å². The van der Waals surface area contributed by atoms with Crippen LogP contribution in [0.1, 0.15) is 12.8 Å². The largest absolute Gasteiger partial charge is 0.481 e. The van der Waals surface area contributed by atoms with Crippen LogP contribution in [-0.4, -0.2) is 36.1 Å². The fraction of sp³-hybridized carbons (Fsp3) is 0.357. The van der Waals surface area contributed by atoms with Crippen LogP contribution in [0.15, 0.2) is 34.3 Å². The second kappa shape index (κ2) is 6.79. The van der Waals surface area contributed by atoms with Crippen molar-refractivity contribution in [3.05, 3.63) is 24.3 Å². The Hall–Kier alpha value is -2.77. The molecule has 0 unspecified atom stereocenters. The van der Waals surface area contributed by atoms with Crippen LogP contribution in [0.3, 0.4) is 0 Å². The Bertz CT molecular complexity index is 584. The lowest BCUT2D eigenvalue weighted by atomic mass is 9.97. The summed E-state index contributed by atoms with van der Waals surface area (Å²) >= 11 is 0. The van der Waals surface area contributed by atoms with Gasteiger partial charge in [0.1, 0.15) is 0 Å². The number of carbonyl (C=O) groups is 1. The lowest BCUT2D eigenvalue weighted by Gasteiger charge is -2.31. The van der Waals surface area contributed by atoms with E-state index in [-0.39, 0.29) is 17.8 Å². The SMILES string of the molecule is NC(N)=NC(N)=Nc1ccc(N2CCC(C(=O)O)CC2)cc1. The van der Waals surface area contributed by atoms with Gasteiger partial charge in [0.05, 0.1) is 11.6 Å². The first-order valence-corrected chi connectivity index (χ1v) is 6.97. The molecule has 1 aliphatic heterocycles. The number of carboxylic acid groups (broad SMARTS) is 1. The summed E-state index contributed by atoms with van der Waals surface area (Å²) in [6, 6.07) is 7.47. The molecule has 118 valence electrons. The van der Waals surface area contributed by atoms with Crippen LogP contribution in [0, 0.1) is 5.92 Å². The summed E-state index contributed by atoms with van der Waals surface area (Å²) in [6.07, 6.45) is 1.32. The van der Waals surface area contributed by atoms with E-state index in [1.165, 1.54) is 0 Å². The zero-order valence-electron chi connectivity index (χ0n) is 12.1. The Morgan fingerprint density at radius 3 is 2.23 bits per heavy atom. The Morgan fingerprint density at radius 2 is 1.73 bits per heavy atom. The minimum atomic E-state index is -0.709. The Kier molecular flexibility index (Phi) is 4.82. The molecule has 1 aliphatic rings. The quantitative estimate of drug-likeness (QED) is 0.464. The summed E-state index contributed by atoms with van der Waals surface area (Å²) < 4.78 is 0. The average molecular weight is 304 g/mol. The van der Waals surface area contributed by atoms with E-state index in [1.54, 1.807) is 0 Å². The molecule has 0 radical (unpaired) electrons. The number of carboxylic acids is 1. The lowest BCUT2D eigenvalue weighted by molar-refractivity contribution is -0.142. The second-order valence-electron chi connectivity index (χ2n) is 5.12. The van der Waals surface area contributed by atoms with Gasteiger partial charge in [-0.25, -0.2) is 4.99 Å². The first-order chi connectivity index (χ1) is 10.5. The van der Waals surface area contributed by atoms with E-state index >= 15 is 0 Å². The maximum absolute atomic E-state index is 10.9. The van der Waals surface area contributed by atoms with Gasteiger partial charge in [0, 0.05) is 18.8 Å². The number of nitrogens with zero attached hydrogens (tertiary/aromatic N) is 3. The van der Waals surface area contributed by atoms with Crippen LogP contribution in [-0.2, 0) is 4.79 Å². The maximum atomic E-state index is 10.9. The maximum Gasteiger partial charge on any atom is 0.306 e. The topological polar surface area (TPSA) is 143 Å². The Balaban J connectivity index is 2.01. The van der Waals surface area contributed by atoms with E-state index in [0.29, 0.717) is 18.5 Å². The number of rotatable bonds is 3. The summed E-state index contributed by atoms with van der Waals surface area (Å²) in [6.45, 7) is 1.46. The highest BCUT2D eigenvalue weighted by Gasteiger charge is 2.24. The van der Waals surface area contributed by atoms with E-state index in [4.69, 9.17) is 22.3 Å². The van der Waals surface area contributed by atoms with Crippen LogP contribution in [0.2, 0.25) is 0 Å². The third kappa shape index (κ3) is 4.11. The van der Waals surface area contributed by atoms with Crippen molar-refractivity contribution < 1.29 is 9.90 Å². The standard InChI is InChI=1S/C14H20N6O2/c15-13(16)19-14(17)18-10-1-3-11(4-2-10)20-7-5-9(6-8-20)12(21)22/h1-4,9H,5-8H2,(H,21,22)(H6,15,16,17,18,19). The number of piperidine rings is 1. The van der Waals surface area contributed by atoms with Crippen molar-refractivity contribution in [3.63, 3.8) is 0 Å². The molecule has 0 saturated carbocycles. The lowest BCUT2D eigenvalue weighted by Crippen LogP contribution is -2.36. The summed E-state index contributed by atoms with van der Waals surface area (Å²) in [4.78, 5) is 20.8. The Morgan fingerprint density at radius 1 is 1.14 bits per heavy atom. The van der Waals surface area contributed by atoms with Crippen molar-refractivity contribution in [2.45, 2.75) is 12.8 Å². The zero-order chi connectivity index (χ0) is 16.1. The molecule has 8 heteroatoms. The average Bonchev–Trinajstić information content (AvgIpc) is 2.47. The predicted molar refractivity (Wildman–Crippen MR) is 86.1 cm³/mol. The number of aliphatic imine (C=N–C) groups is 2. The molecule has 22 heavy (non-hydrogen) atoms. The van der Waals surface area contributed by atoms with Gasteiger partial charge >= 0.3 is 5.97 Å². The molecule has 0 aliphatic carbocycles. The Labute approximate surface area is 128 Å². The third-order valence-electron chi connectivity index (χ3n) is 3.55.